The molecule has 3 heteroatoms. The Labute approximate surface area is 288 Å². The molecule has 0 aliphatic heterocycles. The first-order valence-electron chi connectivity index (χ1n) is 16.7. The first-order chi connectivity index (χ1) is 24.3. The van der Waals surface area contributed by atoms with Crippen molar-refractivity contribution in [2.75, 3.05) is 4.90 Å². The number of benzene rings is 8. The predicted molar refractivity (Wildman–Crippen MR) is 211 cm³/mol. The Hall–Kier alpha value is -6.16. The van der Waals surface area contributed by atoms with Crippen LogP contribution in [0, 0.1) is 0 Å². The fraction of sp³-hybridized carbons (Fsp3) is 0. The molecule has 0 atom stereocenters. The van der Waals surface area contributed by atoms with Gasteiger partial charge in [0.05, 0.1) is 16.7 Å². The van der Waals surface area contributed by atoms with Crippen molar-refractivity contribution < 1.29 is 0 Å². The summed E-state index contributed by atoms with van der Waals surface area (Å²) >= 11 is 1.87. The largest absolute Gasteiger partial charge is 0.310 e. The molecule has 2 nitrogen and oxygen atoms in total. The van der Waals surface area contributed by atoms with Crippen LogP contribution in [0.15, 0.2) is 182 Å². The summed E-state index contributed by atoms with van der Waals surface area (Å²) in [4.78, 5) is 2.45. The number of aromatic nitrogens is 1. The van der Waals surface area contributed by atoms with Gasteiger partial charge in [0.15, 0.2) is 0 Å². The molecule has 0 saturated heterocycles. The fourth-order valence-corrected chi connectivity index (χ4v) is 8.65. The van der Waals surface area contributed by atoms with Gasteiger partial charge in [-0.3, -0.25) is 0 Å². The van der Waals surface area contributed by atoms with Crippen LogP contribution < -0.4 is 4.90 Å². The van der Waals surface area contributed by atoms with Crippen LogP contribution >= 0.6 is 11.3 Å². The first kappa shape index (κ1) is 27.9. The number of thiophene rings is 1. The SMILES string of the molecule is c1ccc(-c2ccc(N(c3ccc4c(c3)c3ccccc3n4-c3ccccc3)c3cccc4sc5cc6ccccc6cc5c34)cc2)cc1. The second-order valence-corrected chi connectivity index (χ2v) is 13.7. The number of hydrogen-bond donors (Lipinski definition) is 0. The van der Waals surface area contributed by atoms with Crippen molar-refractivity contribution in [1.82, 2.24) is 4.57 Å². The van der Waals surface area contributed by atoms with Crippen molar-refractivity contribution in [3.8, 4) is 16.8 Å². The van der Waals surface area contributed by atoms with Crippen molar-refractivity contribution in [2.24, 2.45) is 0 Å². The van der Waals surface area contributed by atoms with E-state index in [-0.39, 0.29) is 0 Å². The Morgan fingerprint density at radius 1 is 0.408 bits per heavy atom. The number of anilines is 3. The first-order valence-corrected chi connectivity index (χ1v) is 17.5. The average molecular weight is 643 g/mol. The van der Waals surface area contributed by atoms with Gasteiger partial charge in [0.1, 0.15) is 0 Å². The van der Waals surface area contributed by atoms with Gasteiger partial charge in [-0.05, 0) is 94.7 Å². The number of para-hydroxylation sites is 2. The Balaban J connectivity index is 1.24. The highest BCUT2D eigenvalue weighted by molar-refractivity contribution is 7.26. The molecular formula is C46H30N2S. The predicted octanol–water partition coefficient (Wildman–Crippen LogP) is 13.4. The Kier molecular flexibility index (Phi) is 6.39. The maximum Gasteiger partial charge on any atom is 0.0554 e. The van der Waals surface area contributed by atoms with Gasteiger partial charge in [0, 0.05) is 48.0 Å². The van der Waals surface area contributed by atoms with Crippen LogP contribution in [0.4, 0.5) is 17.1 Å². The van der Waals surface area contributed by atoms with Crippen LogP contribution in [-0.2, 0) is 0 Å². The molecule has 0 saturated carbocycles. The van der Waals surface area contributed by atoms with Crippen molar-refractivity contribution >= 4 is 81.1 Å². The van der Waals surface area contributed by atoms with Gasteiger partial charge >= 0.3 is 0 Å². The van der Waals surface area contributed by atoms with Crippen LogP contribution in [0.2, 0.25) is 0 Å². The van der Waals surface area contributed by atoms with E-state index in [1.807, 2.05) is 11.3 Å². The zero-order valence-electron chi connectivity index (χ0n) is 26.6. The average Bonchev–Trinajstić information content (AvgIpc) is 3.70. The Morgan fingerprint density at radius 3 is 1.88 bits per heavy atom. The topological polar surface area (TPSA) is 8.17 Å². The molecule has 0 aliphatic rings. The lowest BCUT2D eigenvalue weighted by atomic mass is 10.0. The molecule has 0 N–H and O–H groups in total. The van der Waals surface area contributed by atoms with Gasteiger partial charge in [0.2, 0.25) is 0 Å². The summed E-state index contributed by atoms with van der Waals surface area (Å²) in [5.74, 6) is 0. The van der Waals surface area contributed by atoms with E-state index >= 15 is 0 Å². The molecule has 10 aromatic rings. The Morgan fingerprint density at radius 2 is 1.06 bits per heavy atom. The van der Waals surface area contributed by atoms with Crippen LogP contribution in [-0.4, -0.2) is 4.57 Å². The van der Waals surface area contributed by atoms with Gasteiger partial charge in [-0.25, -0.2) is 0 Å². The molecule has 0 amide bonds. The molecule has 49 heavy (non-hydrogen) atoms. The van der Waals surface area contributed by atoms with Gasteiger partial charge < -0.3 is 9.47 Å². The maximum atomic E-state index is 2.45. The van der Waals surface area contributed by atoms with Gasteiger partial charge in [-0.1, -0.05) is 109 Å². The summed E-state index contributed by atoms with van der Waals surface area (Å²) in [7, 11) is 0. The van der Waals surface area contributed by atoms with Crippen LogP contribution in [0.3, 0.4) is 0 Å². The molecule has 2 aromatic heterocycles. The third-order valence-corrected chi connectivity index (χ3v) is 10.9. The lowest BCUT2D eigenvalue weighted by Crippen LogP contribution is -2.10. The van der Waals surface area contributed by atoms with Gasteiger partial charge in [-0.2, -0.15) is 0 Å². The normalized spacial score (nSPS) is 11.7. The van der Waals surface area contributed by atoms with E-state index in [4.69, 9.17) is 0 Å². The number of nitrogens with zero attached hydrogens (tertiary/aromatic N) is 2. The highest BCUT2D eigenvalue weighted by Crippen LogP contribution is 2.47. The molecule has 10 rings (SSSR count). The molecule has 0 spiro atoms. The number of rotatable bonds is 5. The summed E-state index contributed by atoms with van der Waals surface area (Å²) in [5, 5.41) is 7.59. The van der Waals surface area contributed by atoms with E-state index in [1.54, 1.807) is 0 Å². The lowest BCUT2D eigenvalue weighted by molar-refractivity contribution is 1.18. The van der Waals surface area contributed by atoms with E-state index in [2.05, 4.69) is 191 Å². The number of fused-ring (bicyclic) bond motifs is 7. The zero-order valence-corrected chi connectivity index (χ0v) is 27.4. The summed E-state index contributed by atoms with van der Waals surface area (Å²) in [5.41, 5.74) is 9.42. The summed E-state index contributed by atoms with van der Waals surface area (Å²) in [6.45, 7) is 0. The monoisotopic (exact) mass is 642 g/mol. The van der Waals surface area contributed by atoms with Gasteiger partial charge in [0.25, 0.3) is 0 Å². The van der Waals surface area contributed by atoms with Crippen molar-refractivity contribution in [1.29, 1.82) is 0 Å². The molecule has 0 unspecified atom stereocenters. The highest BCUT2D eigenvalue weighted by Gasteiger charge is 2.21. The van der Waals surface area contributed by atoms with E-state index in [9.17, 15) is 0 Å². The minimum atomic E-state index is 1.12. The molecule has 0 radical (unpaired) electrons. The summed E-state index contributed by atoms with van der Waals surface area (Å²) in [6, 6.07) is 66.2. The fourth-order valence-electron chi connectivity index (χ4n) is 7.50. The maximum absolute atomic E-state index is 2.45. The smallest absolute Gasteiger partial charge is 0.0554 e. The summed E-state index contributed by atoms with van der Waals surface area (Å²) < 4.78 is 4.98. The Bertz CT molecular complexity index is 2810. The van der Waals surface area contributed by atoms with E-state index < -0.39 is 0 Å². The van der Waals surface area contributed by atoms with Crippen molar-refractivity contribution in [3.63, 3.8) is 0 Å². The second kappa shape index (κ2) is 11.2. The third kappa shape index (κ3) is 4.55. The second-order valence-electron chi connectivity index (χ2n) is 12.6. The van der Waals surface area contributed by atoms with Crippen LogP contribution in [0.25, 0.3) is 69.6 Å². The standard InChI is InChI=1S/C46H30N2S/c1-3-12-31(13-4-1)32-22-24-36(25-23-32)47(43-20-11-21-44-46(43)40-28-33-14-7-8-15-34(33)29-45(40)49-44)37-26-27-42-39(30-37)38-18-9-10-19-41(38)48(42)35-16-5-2-6-17-35/h1-30H. The minimum Gasteiger partial charge on any atom is -0.310 e. The highest BCUT2D eigenvalue weighted by atomic mass is 32.1. The van der Waals surface area contributed by atoms with Crippen LogP contribution in [0.5, 0.6) is 0 Å². The molecule has 0 bridgehead atoms. The van der Waals surface area contributed by atoms with Gasteiger partial charge in [-0.15, -0.1) is 11.3 Å². The minimum absolute atomic E-state index is 1.12. The molecule has 230 valence electrons. The molecule has 2 heterocycles. The van der Waals surface area contributed by atoms with Crippen molar-refractivity contribution in [3.05, 3.63) is 182 Å². The molecular weight excluding hydrogens is 613 g/mol. The number of hydrogen-bond acceptors (Lipinski definition) is 2. The van der Waals surface area contributed by atoms with Crippen molar-refractivity contribution in [2.45, 2.75) is 0 Å². The quantitative estimate of drug-likeness (QED) is 0.181. The lowest BCUT2D eigenvalue weighted by Gasteiger charge is -2.27. The summed E-state index contributed by atoms with van der Waals surface area (Å²) in [6.07, 6.45) is 0. The molecule has 0 aliphatic carbocycles. The third-order valence-electron chi connectivity index (χ3n) is 9.74. The van der Waals surface area contributed by atoms with Crippen LogP contribution in [0.1, 0.15) is 0 Å². The molecule has 8 aromatic carbocycles. The van der Waals surface area contributed by atoms with E-state index in [1.165, 1.54) is 69.6 Å². The van der Waals surface area contributed by atoms with E-state index in [0.717, 1.165) is 17.1 Å². The van der Waals surface area contributed by atoms with E-state index in [0.29, 0.717) is 0 Å². The molecule has 0 fully saturated rings. The zero-order chi connectivity index (χ0) is 32.3.